The minimum absolute atomic E-state index is 0.822. The molecule has 1 aromatic rings. The predicted octanol–water partition coefficient (Wildman–Crippen LogP) is 2.77. The molecule has 1 N–H and O–H groups in total. The first-order valence-corrected chi connectivity index (χ1v) is 6.10. The minimum Gasteiger partial charge on any atom is -0.316 e. The van der Waals surface area contributed by atoms with E-state index in [2.05, 4.69) is 45.5 Å². The molecule has 0 spiro atoms. The van der Waals surface area contributed by atoms with Crippen molar-refractivity contribution in [2.45, 2.75) is 12.3 Å². The Bertz CT molecular complexity index is 333. The maximum absolute atomic E-state index is 3.49. The van der Waals surface area contributed by atoms with Crippen LogP contribution in [0.2, 0.25) is 0 Å². The van der Waals surface area contributed by atoms with Gasteiger partial charge in [0.1, 0.15) is 0 Å². The molecule has 1 aromatic carbocycles. The maximum atomic E-state index is 3.49. The van der Waals surface area contributed by atoms with Crippen LogP contribution in [0.3, 0.4) is 0 Å². The SMILES string of the molecule is Brc1ccc([C@@H]2C[C@@H]3CNC[C@@H]32)cc1. The van der Waals surface area contributed by atoms with Gasteiger partial charge in [0.25, 0.3) is 0 Å². The molecular formula is C12H14BrN. The van der Waals surface area contributed by atoms with E-state index in [0.29, 0.717) is 0 Å². The Morgan fingerprint density at radius 1 is 1.14 bits per heavy atom. The van der Waals surface area contributed by atoms with Gasteiger partial charge < -0.3 is 5.32 Å². The predicted molar refractivity (Wildman–Crippen MR) is 61.3 cm³/mol. The highest BCUT2D eigenvalue weighted by Gasteiger charge is 2.44. The molecule has 2 fully saturated rings. The van der Waals surface area contributed by atoms with Crippen molar-refractivity contribution in [3.8, 4) is 0 Å². The van der Waals surface area contributed by atoms with Crippen LogP contribution >= 0.6 is 15.9 Å². The third kappa shape index (κ3) is 1.32. The maximum Gasteiger partial charge on any atom is 0.0175 e. The van der Waals surface area contributed by atoms with E-state index in [-0.39, 0.29) is 0 Å². The lowest BCUT2D eigenvalue weighted by Gasteiger charge is -2.40. The molecule has 1 heterocycles. The lowest BCUT2D eigenvalue weighted by atomic mass is 9.64. The van der Waals surface area contributed by atoms with Crippen LogP contribution in [-0.2, 0) is 0 Å². The number of rotatable bonds is 1. The minimum atomic E-state index is 0.822. The fourth-order valence-electron chi connectivity index (χ4n) is 2.88. The van der Waals surface area contributed by atoms with Gasteiger partial charge in [0.15, 0.2) is 0 Å². The molecule has 2 heteroatoms. The van der Waals surface area contributed by atoms with Gasteiger partial charge in [-0.15, -0.1) is 0 Å². The molecule has 1 aliphatic carbocycles. The van der Waals surface area contributed by atoms with Crippen LogP contribution in [-0.4, -0.2) is 13.1 Å². The molecule has 1 nitrogen and oxygen atoms in total. The van der Waals surface area contributed by atoms with Crippen LogP contribution in [0.1, 0.15) is 17.9 Å². The molecule has 1 aliphatic heterocycles. The van der Waals surface area contributed by atoms with Crippen molar-refractivity contribution in [2.75, 3.05) is 13.1 Å². The Kier molecular flexibility index (Phi) is 2.14. The molecule has 74 valence electrons. The van der Waals surface area contributed by atoms with Crippen LogP contribution in [0.15, 0.2) is 28.7 Å². The van der Waals surface area contributed by atoms with E-state index in [1.165, 1.54) is 29.5 Å². The number of nitrogens with one attached hydrogen (secondary N) is 1. The van der Waals surface area contributed by atoms with Gasteiger partial charge in [-0.2, -0.15) is 0 Å². The molecule has 3 rings (SSSR count). The summed E-state index contributed by atoms with van der Waals surface area (Å²) in [6.07, 6.45) is 1.39. The highest BCUT2D eigenvalue weighted by molar-refractivity contribution is 9.10. The number of halogens is 1. The second-order valence-electron chi connectivity index (χ2n) is 4.48. The van der Waals surface area contributed by atoms with Crippen molar-refractivity contribution in [3.63, 3.8) is 0 Å². The normalized spacial score (nSPS) is 35.1. The van der Waals surface area contributed by atoms with Gasteiger partial charge in [-0.3, -0.25) is 0 Å². The van der Waals surface area contributed by atoms with Gasteiger partial charge in [0.2, 0.25) is 0 Å². The van der Waals surface area contributed by atoms with Crippen LogP contribution in [0.4, 0.5) is 0 Å². The fourth-order valence-corrected chi connectivity index (χ4v) is 3.15. The number of hydrogen-bond donors (Lipinski definition) is 1. The Labute approximate surface area is 93.0 Å². The van der Waals surface area contributed by atoms with Gasteiger partial charge in [0, 0.05) is 4.47 Å². The lowest BCUT2D eigenvalue weighted by molar-refractivity contribution is 0.191. The molecule has 1 saturated carbocycles. The highest BCUT2D eigenvalue weighted by Crippen LogP contribution is 2.48. The fraction of sp³-hybridized carbons (Fsp3) is 0.500. The summed E-state index contributed by atoms with van der Waals surface area (Å²) in [5.74, 6) is 2.70. The molecule has 3 atom stereocenters. The van der Waals surface area contributed by atoms with E-state index in [0.717, 1.165) is 17.8 Å². The quantitative estimate of drug-likeness (QED) is 0.810. The summed E-state index contributed by atoms with van der Waals surface area (Å²) in [7, 11) is 0. The smallest absolute Gasteiger partial charge is 0.0175 e. The largest absolute Gasteiger partial charge is 0.316 e. The van der Waals surface area contributed by atoms with Gasteiger partial charge >= 0.3 is 0 Å². The lowest BCUT2D eigenvalue weighted by Crippen LogP contribution is -2.33. The summed E-state index contributed by atoms with van der Waals surface area (Å²) < 4.78 is 1.18. The van der Waals surface area contributed by atoms with E-state index in [1.807, 2.05) is 0 Å². The van der Waals surface area contributed by atoms with Gasteiger partial charge in [-0.05, 0) is 55.0 Å². The van der Waals surface area contributed by atoms with E-state index in [1.54, 1.807) is 0 Å². The molecular weight excluding hydrogens is 238 g/mol. The Balaban J connectivity index is 1.80. The number of benzene rings is 1. The second-order valence-corrected chi connectivity index (χ2v) is 5.39. The summed E-state index contributed by atoms with van der Waals surface area (Å²) in [5.41, 5.74) is 1.53. The van der Waals surface area contributed by atoms with Crippen molar-refractivity contribution in [1.29, 1.82) is 0 Å². The molecule has 14 heavy (non-hydrogen) atoms. The molecule has 0 amide bonds. The van der Waals surface area contributed by atoms with Gasteiger partial charge in [-0.1, -0.05) is 28.1 Å². The second kappa shape index (κ2) is 3.35. The van der Waals surface area contributed by atoms with Crippen molar-refractivity contribution in [2.24, 2.45) is 11.8 Å². The molecule has 1 saturated heterocycles. The zero-order chi connectivity index (χ0) is 9.54. The molecule has 2 aliphatic rings. The standard InChI is InChI=1S/C12H14BrN/c13-10-3-1-8(2-4-10)11-5-9-6-14-7-12(9)11/h1-4,9,11-12,14H,5-7H2/t9-,11+,12+/m1/s1. The zero-order valence-electron chi connectivity index (χ0n) is 8.04. The van der Waals surface area contributed by atoms with Gasteiger partial charge in [0.05, 0.1) is 0 Å². The summed E-state index contributed by atoms with van der Waals surface area (Å²) >= 11 is 3.48. The average molecular weight is 252 g/mol. The summed E-state index contributed by atoms with van der Waals surface area (Å²) in [5, 5.41) is 3.49. The molecule has 0 aromatic heterocycles. The number of hydrogen-bond acceptors (Lipinski definition) is 1. The van der Waals surface area contributed by atoms with Crippen LogP contribution in [0, 0.1) is 11.8 Å². The highest BCUT2D eigenvalue weighted by atomic mass is 79.9. The van der Waals surface area contributed by atoms with Crippen molar-refractivity contribution < 1.29 is 0 Å². The van der Waals surface area contributed by atoms with Crippen molar-refractivity contribution in [3.05, 3.63) is 34.3 Å². The van der Waals surface area contributed by atoms with E-state index < -0.39 is 0 Å². The van der Waals surface area contributed by atoms with E-state index >= 15 is 0 Å². The first kappa shape index (κ1) is 8.93. The Morgan fingerprint density at radius 2 is 1.93 bits per heavy atom. The van der Waals surface area contributed by atoms with E-state index in [9.17, 15) is 0 Å². The third-order valence-electron chi connectivity index (χ3n) is 3.76. The topological polar surface area (TPSA) is 12.0 Å². The third-order valence-corrected chi connectivity index (χ3v) is 4.29. The first-order chi connectivity index (χ1) is 6.84. The van der Waals surface area contributed by atoms with E-state index in [4.69, 9.17) is 0 Å². The first-order valence-electron chi connectivity index (χ1n) is 5.31. The zero-order valence-corrected chi connectivity index (χ0v) is 9.63. The molecule has 0 unspecified atom stereocenters. The molecule has 0 bridgehead atoms. The molecule has 0 radical (unpaired) electrons. The Morgan fingerprint density at radius 3 is 2.64 bits per heavy atom. The number of fused-ring (bicyclic) bond motifs is 1. The average Bonchev–Trinajstić information content (AvgIpc) is 2.52. The Hall–Kier alpha value is -0.340. The van der Waals surface area contributed by atoms with Crippen LogP contribution < -0.4 is 5.32 Å². The van der Waals surface area contributed by atoms with Crippen LogP contribution in [0.5, 0.6) is 0 Å². The monoisotopic (exact) mass is 251 g/mol. The van der Waals surface area contributed by atoms with Gasteiger partial charge in [-0.25, -0.2) is 0 Å². The van der Waals surface area contributed by atoms with Crippen molar-refractivity contribution >= 4 is 15.9 Å². The summed E-state index contributed by atoms with van der Waals surface area (Å²) in [4.78, 5) is 0. The van der Waals surface area contributed by atoms with Crippen molar-refractivity contribution in [1.82, 2.24) is 5.32 Å². The summed E-state index contributed by atoms with van der Waals surface area (Å²) in [6, 6.07) is 8.85. The van der Waals surface area contributed by atoms with Crippen LogP contribution in [0.25, 0.3) is 0 Å². The summed E-state index contributed by atoms with van der Waals surface area (Å²) in [6.45, 7) is 2.48.